The normalized spacial score (nSPS) is 17.6. The number of carboxylic acid groups (broad SMARTS) is 1. The molecule has 0 aromatic heterocycles. The fourth-order valence-electron chi connectivity index (χ4n) is 3.56. The van der Waals surface area contributed by atoms with E-state index in [0.717, 1.165) is 29.0 Å². The highest BCUT2D eigenvalue weighted by molar-refractivity contribution is 6.05. The van der Waals surface area contributed by atoms with Crippen molar-refractivity contribution in [3.63, 3.8) is 0 Å². The summed E-state index contributed by atoms with van der Waals surface area (Å²) >= 11 is 0. The van der Waals surface area contributed by atoms with Gasteiger partial charge in [0.15, 0.2) is 0 Å². The molecule has 2 aromatic rings. The van der Waals surface area contributed by atoms with Crippen LogP contribution in [0.5, 0.6) is 0 Å². The number of benzene rings is 2. The molecular weight excluding hydrogens is 322 g/mol. The van der Waals surface area contributed by atoms with Gasteiger partial charge in [-0.2, -0.15) is 0 Å². The molecule has 0 radical (unpaired) electrons. The van der Waals surface area contributed by atoms with Crippen LogP contribution < -0.4 is 0 Å². The van der Waals surface area contributed by atoms with Gasteiger partial charge in [-0.25, -0.2) is 0 Å². The summed E-state index contributed by atoms with van der Waals surface area (Å²) in [6, 6.07) is 20.3. The molecule has 3 nitrogen and oxygen atoms in total. The van der Waals surface area contributed by atoms with E-state index in [0.29, 0.717) is 6.42 Å². The molecular formula is C23H25NO2. The van der Waals surface area contributed by atoms with E-state index in [1.165, 1.54) is 5.56 Å². The molecule has 0 saturated carbocycles. The SMILES string of the molecule is CCC(C)(C1=NC(c2ccccc2)=C(C(C)C(=O)O)C1)c1ccccc1. The van der Waals surface area contributed by atoms with E-state index in [1.807, 2.05) is 48.5 Å². The van der Waals surface area contributed by atoms with Gasteiger partial charge < -0.3 is 5.11 Å². The molecule has 0 spiro atoms. The lowest BCUT2D eigenvalue weighted by Gasteiger charge is -2.30. The number of carbonyl (C=O) groups is 1. The van der Waals surface area contributed by atoms with Crippen molar-refractivity contribution in [3.05, 3.63) is 77.4 Å². The van der Waals surface area contributed by atoms with Crippen LogP contribution in [0.25, 0.3) is 5.70 Å². The first kappa shape index (κ1) is 18.1. The summed E-state index contributed by atoms with van der Waals surface area (Å²) in [5.41, 5.74) is 4.77. The molecule has 2 aromatic carbocycles. The van der Waals surface area contributed by atoms with E-state index in [1.54, 1.807) is 6.92 Å². The molecule has 0 saturated heterocycles. The highest BCUT2D eigenvalue weighted by Gasteiger charge is 2.37. The second-order valence-electron chi connectivity index (χ2n) is 7.09. The Morgan fingerprint density at radius 2 is 1.69 bits per heavy atom. The van der Waals surface area contributed by atoms with Gasteiger partial charge in [-0.1, -0.05) is 74.5 Å². The molecule has 1 N–H and O–H groups in total. The number of nitrogens with zero attached hydrogens (tertiary/aromatic N) is 1. The second kappa shape index (κ2) is 7.28. The van der Waals surface area contributed by atoms with E-state index in [9.17, 15) is 9.90 Å². The lowest BCUT2D eigenvalue weighted by molar-refractivity contribution is -0.139. The van der Waals surface area contributed by atoms with E-state index in [-0.39, 0.29) is 5.41 Å². The molecule has 134 valence electrons. The predicted octanol–water partition coefficient (Wildman–Crippen LogP) is 5.33. The van der Waals surface area contributed by atoms with Gasteiger partial charge in [-0.15, -0.1) is 0 Å². The Kier molecular flexibility index (Phi) is 5.08. The molecule has 2 unspecified atom stereocenters. The van der Waals surface area contributed by atoms with Crippen LogP contribution in [0.1, 0.15) is 44.7 Å². The van der Waals surface area contributed by atoms with Crippen molar-refractivity contribution in [2.24, 2.45) is 10.9 Å². The summed E-state index contributed by atoms with van der Waals surface area (Å²) in [5, 5.41) is 9.59. The van der Waals surface area contributed by atoms with Gasteiger partial charge in [0.1, 0.15) is 0 Å². The van der Waals surface area contributed by atoms with Crippen molar-refractivity contribution in [1.82, 2.24) is 0 Å². The average molecular weight is 347 g/mol. The Bertz CT molecular complexity index is 852. The van der Waals surface area contributed by atoms with Crippen molar-refractivity contribution in [2.75, 3.05) is 0 Å². The van der Waals surface area contributed by atoms with Crippen LogP contribution in [0.3, 0.4) is 0 Å². The Balaban J connectivity index is 2.08. The first-order chi connectivity index (χ1) is 12.5. The molecule has 3 heteroatoms. The van der Waals surface area contributed by atoms with Gasteiger partial charge in [0.25, 0.3) is 0 Å². The van der Waals surface area contributed by atoms with Crippen LogP contribution in [-0.2, 0) is 10.2 Å². The van der Waals surface area contributed by atoms with Crippen molar-refractivity contribution in [3.8, 4) is 0 Å². The lowest BCUT2D eigenvalue weighted by atomic mass is 9.74. The summed E-state index contributed by atoms with van der Waals surface area (Å²) in [6.45, 7) is 6.12. The molecule has 0 fully saturated rings. The molecule has 1 heterocycles. The third-order valence-corrected chi connectivity index (χ3v) is 5.60. The first-order valence-electron chi connectivity index (χ1n) is 9.12. The molecule has 1 aliphatic rings. The fourth-order valence-corrected chi connectivity index (χ4v) is 3.56. The Morgan fingerprint density at radius 3 is 2.23 bits per heavy atom. The molecule has 3 rings (SSSR count). The standard InChI is InChI=1S/C23H25NO2/c1-4-23(3,18-13-9-6-10-14-18)20-15-19(16(2)22(25)26)21(24-20)17-11-7-5-8-12-17/h5-14,16H,4,15H2,1-3H3,(H,25,26). The van der Waals surface area contributed by atoms with Crippen molar-refractivity contribution < 1.29 is 9.90 Å². The fraction of sp³-hybridized carbons (Fsp3) is 0.304. The van der Waals surface area contributed by atoms with Crippen molar-refractivity contribution in [1.29, 1.82) is 0 Å². The lowest BCUT2D eigenvalue weighted by Crippen LogP contribution is -2.31. The molecule has 2 atom stereocenters. The summed E-state index contributed by atoms with van der Waals surface area (Å²) in [7, 11) is 0. The summed E-state index contributed by atoms with van der Waals surface area (Å²) < 4.78 is 0. The van der Waals surface area contributed by atoms with Crippen LogP contribution in [0, 0.1) is 5.92 Å². The van der Waals surface area contributed by atoms with E-state index < -0.39 is 11.9 Å². The summed E-state index contributed by atoms with van der Waals surface area (Å²) in [4.78, 5) is 16.7. The number of carboxylic acids is 1. The maximum Gasteiger partial charge on any atom is 0.310 e. The monoisotopic (exact) mass is 347 g/mol. The van der Waals surface area contributed by atoms with Crippen LogP contribution >= 0.6 is 0 Å². The maximum atomic E-state index is 11.7. The minimum atomic E-state index is -0.803. The van der Waals surface area contributed by atoms with Gasteiger partial charge in [-0.3, -0.25) is 9.79 Å². The summed E-state index contributed by atoms with van der Waals surface area (Å²) in [6.07, 6.45) is 1.52. The first-order valence-corrected chi connectivity index (χ1v) is 9.12. The third kappa shape index (κ3) is 3.22. The van der Waals surface area contributed by atoms with Crippen molar-refractivity contribution in [2.45, 2.75) is 39.0 Å². The molecule has 0 aliphatic carbocycles. The number of aliphatic carboxylic acids is 1. The zero-order valence-corrected chi connectivity index (χ0v) is 15.6. The second-order valence-corrected chi connectivity index (χ2v) is 7.09. The topological polar surface area (TPSA) is 49.7 Å². The Morgan fingerprint density at radius 1 is 1.12 bits per heavy atom. The zero-order valence-electron chi connectivity index (χ0n) is 15.6. The van der Waals surface area contributed by atoms with E-state index in [4.69, 9.17) is 4.99 Å². The highest BCUT2D eigenvalue weighted by Crippen LogP contribution is 2.41. The maximum absolute atomic E-state index is 11.7. The third-order valence-electron chi connectivity index (χ3n) is 5.60. The minimum absolute atomic E-state index is 0.207. The van der Waals surface area contributed by atoms with Gasteiger partial charge >= 0.3 is 5.97 Å². The average Bonchev–Trinajstić information content (AvgIpc) is 3.14. The molecule has 0 bridgehead atoms. The predicted molar refractivity (Wildman–Crippen MR) is 106 cm³/mol. The quantitative estimate of drug-likeness (QED) is 0.767. The van der Waals surface area contributed by atoms with Crippen LogP contribution in [-0.4, -0.2) is 16.8 Å². The Hall–Kier alpha value is -2.68. The van der Waals surface area contributed by atoms with Gasteiger partial charge in [0, 0.05) is 23.1 Å². The summed E-state index contributed by atoms with van der Waals surface area (Å²) in [5.74, 6) is -1.36. The van der Waals surface area contributed by atoms with Crippen molar-refractivity contribution >= 4 is 17.4 Å². The number of aliphatic imine (C=N–C) groups is 1. The Labute approximate surface area is 155 Å². The minimum Gasteiger partial charge on any atom is -0.481 e. The van der Waals surface area contributed by atoms with Crippen LogP contribution in [0.2, 0.25) is 0 Å². The van der Waals surface area contributed by atoms with Crippen LogP contribution in [0.15, 0.2) is 71.2 Å². The highest BCUT2D eigenvalue weighted by atomic mass is 16.4. The van der Waals surface area contributed by atoms with E-state index >= 15 is 0 Å². The smallest absolute Gasteiger partial charge is 0.310 e. The van der Waals surface area contributed by atoms with Gasteiger partial charge in [-0.05, 0) is 24.5 Å². The molecule has 26 heavy (non-hydrogen) atoms. The van der Waals surface area contributed by atoms with Crippen LogP contribution in [0.4, 0.5) is 0 Å². The zero-order chi connectivity index (χ0) is 18.7. The number of rotatable bonds is 6. The number of hydrogen-bond acceptors (Lipinski definition) is 2. The van der Waals surface area contributed by atoms with Gasteiger partial charge in [0.05, 0.1) is 11.6 Å². The van der Waals surface area contributed by atoms with E-state index in [2.05, 4.69) is 26.0 Å². The van der Waals surface area contributed by atoms with Gasteiger partial charge in [0.2, 0.25) is 0 Å². The molecule has 0 amide bonds. The largest absolute Gasteiger partial charge is 0.481 e. The number of hydrogen-bond donors (Lipinski definition) is 1. The molecule has 1 aliphatic heterocycles.